The lowest BCUT2D eigenvalue weighted by atomic mass is 10.1. The number of hydrogen-bond acceptors (Lipinski definition) is 2. The van der Waals surface area contributed by atoms with Crippen molar-refractivity contribution >= 4 is 0 Å². The Hall–Kier alpha value is -0.830. The monoisotopic (exact) mass is 167 g/mol. The maximum atomic E-state index is 5.59. The second kappa shape index (κ2) is 3.72. The molecule has 0 saturated carbocycles. The van der Waals surface area contributed by atoms with Gasteiger partial charge in [-0.25, -0.2) is 4.98 Å². The summed E-state index contributed by atoms with van der Waals surface area (Å²) >= 11 is 0. The van der Waals surface area contributed by atoms with E-state index in [0.717, 1.165) is 23.6 Å². The number of imidazole rings is 1. The van der Waals surface area contributed by atoms with Crippen molar-refractivity contribution in [3.63, 3.8) is 0 Å². The quantitative estimate of drug-likeness (QED) is 0.717. The van der Waals surface area contributed by atoms with Gasteiger partial charge in [0, 0.05) is 13.0 Å². The summed E-state index contributed by atoms with van der Waals surface area (Å²) in [6, 6.07) is 0. The first-order valence-corrected chi connectivity index (χ1v) is 4.46. The molecule has 0 atom stereocenters. The minimum atomic E-state index is 0.458. The number of aromatic amines is 1. The first kappa shape index (κ1) is 9.26. The lowest BCUT2D eigenvalue weighted by Crippen LogP contribution is -2.02. The largest absolute Gasteiger partial charge is 0.345 e. The number of aryl methyl sites for hydroxylation is 1. The Labute approximate surface area is 73.4 Å². The summed E-state index contributed by atoms with van der Waals surface area (Å²) in [4.78, 5) is 7.69. The van der Waals surface area contributed by atoms with Crippen molar-refractivity contribution in [3.05, 3.63) is 17.2 Å². The zero-order valence-corrected chi connectivity index (χ0v) is 8.02. The number of nitrogens with one attached hydrogen (secondary N) is 1. The molecule has 0 aliphatic carbocycles. The SMILES string of the molecule is CCc1nc(C(C)C)c(CN)[nH]1. The van der Waals surface area contributed by atoms with Crippen LogP contribution in [0.1, 0.15) is 43.9 Å². The van der Waals surface area contributed by atoms with Crippen molar-refractivity contribution < 1.29 is 0 Å². The third kappa shape index (κ3) is 1.67. The second-order valence-electron chi connectivity index (χ2n) is 3.26. The van der Waals surface area contributed by atoms with Crippen LogP contribution in [0.3, 0.4) is 0 Å². The van der Waals surface area contributed by atoms with Gasteiger partial charge in [0.1, 0.15) is 5.82 Å². The smallest absolute Gasteiger partial charge is 0.106 e. The van der Waals surface area contributed by atoms with Crippen LogP contribution in [-0.2, 0) is 13.0 Å². The highest BCUT2D eigenvalue weighted by Gasteiger charge is 2.10. The van der Waals surface area contributed by atoms with E-state index in [4.69, 9.17) is 5.73 Å². The Bertz CT molecular complexity index is 250. The van der Waals surface area contributed by atoms with E-state index in [-0.39, 0.29) is 0 Å². The van der Waals surface area contributed by atoms with E-state index in [1.165, 1.54) is 0 Å². The lowest BCUT2D eigenvalue weighted by Gasteiger charge is -2.01. The van der Waals surface area contributed by atoms with Crippen LogP contribution in [0.15, 0.2) is 0 Å². The zero-order chi connectivity index (χ0) is 9.14. The molecule has 12 heavy (non-hydrogen) atoms. The fraction of sp³-hybridized carbons (Fsp3) is 0.667. The molecule has 0 aliphatic rings. The van der Waals surface area contributed by atoms with Gasteiger partial charge in [-0.05, 0) is 5.92 Å². The van der Waals surface area contributed by atoms with Crippen molar-refractivity contribution in [1.29, 1.82) is 0 Å². The molecule has 3 nitrogen and oxygen atoms in total. The van der Waals surface area contributed by atoms with Crippen LogP contribution in [0.4, 0.5) is 0 Å². The van der Waals surface area contributed by atoms with Crippen molar-refractivity contribution in [2.24, 2.45) is 5.73 Å². The molecule has 3 heteroatoms. The summed E-state index contributed by atoms with van der Waals surface area (Å²) in [6.45, 7) is 6.91. The highest BCUT2D eigenvalue weighted by atomic mass is 14.9. The molecule has 0 radical (unpaired) electrons. The molecular formula is C9H17N3. The van der Waals surface area contributed by atoms with Crippen molar-refractivity contribution in [2.45, 2.75) is 39.7 Å². The van der Waals surface area contributed by atoms with E-state index in [0.29, 0.717) is 12.5 Å². The summed E-state index contributed by atoms with van der Waals surface area (Å²) in [7, 11) is 0. The molecule has 1 heterocycles. The number of nitrogens with zero attached hydrogens (tertiary/aromatic N) is 1. The first-order valence-electron chi connectivity index (χ1n) is 4.46. The summed E-state index contributed by atoms with van der Waals surface area (Å²) in [5.74, 6) is 1.50. The van der Waals surface area contributed by atoms with E-state index in [9.17, 15) is 0 Å². The molecule has 68 valence electrons. The highest BCUT2D eigenvalue weighted by Crippen LogP contribution is 2.16. The predicted molar refractivity (Wildman–Crippen MR) is 49.9 cm³/mol. The summed E-state index contributed by atoms with van der Waals surface area (Å²) < 4.78 is 0. The molecule has 1 aromatic heterocycles. The maximum Gasteiger partial charge on any atom is 0.106 e. The Morgan fingerprint density at radius 1 is 1.50 bits per heavy atom. The topological polar surface area (TPSA) is 54.7 Å². The Morgan fingerprint density at radius 3 is 2.50 bits per heavy atom. The van der Waals surface area contributed by atoms with Crippen LogP contribution in [0.2, 0.25) is 0 Å². The Balaban J connectivity index is 3.00. The van der Waals surface area contributed by atoms with Crippen molar-refractivity contribution in [2.75, 3.05) is 0 Å². The van der Waals surface area contributed by atoms with Crippen LogP contribution in [0.25, 0.3) is 0 Å². The number of H-pyrrole nitrogens is 1. The molecule has 1 rings (SSSR count). The predicted octanol–water partition coefficient (Wildman–Crippen LogP) is 1.55. The minimum absolute atomic E-state index is 0.458. The van der Waals surface area contributed by atoms with Gasteiger partial charge in [0.2, 0.25) is 0 Å². The van der Waals surface area contributed by atoms with E-state index in [2.05, 4.69) is 30.7 Å². The van der Waals surface area contributed by atoms with Crippen LogP contribution < -0.4 is 5.73 Å². The Morgan fingerprint density at radius 2 is 2.17 bits per heavy atom. The van der Waals surface area contributed by atoms with Crippen molar-refractivity contribution in [1.82, 2.24) is 9.97 Å². The van der Waals surface area contributed by atoms with Gasteiger partial charge in [0.25, 0.3) is 0 Å². The van der Waals surface area contributed by atoms with Gasteiger partial charge in [-0.15, -0.1) is 0 Å². The number of aromatic nitrogens is 2. The lowest BCUT2D eigenvalue weighted by molar-refractivity contribution is 0.802. The Kier molecular flexibility index (Phi) is 2.87. The van der Waals surface area contributed by atoms with Gasteiger partial charge < -0.3 is 10.7 Å². The van der Waals surface area contributed by atoms with Crippen molar-refractivity contribution in [3.8, 4) is 0 Å². The van der Waals surface area contributed by atoms with Crippen LogP contribution >= 0.6 is 0 Å². The molecule has 0 aliphatic heterocycles. The normalized spacial score (nSPS) is 11.1. The van der Waals surface area contributed by atoms with Gasteiger partial charge in [-0.3, -0.25) is 0 Å². The summed E-state index contributed by atoms with van der Waals surface area (Å²) in [6.07, 6.45) is 0.944. The fourth-order valence-corrected chi connectivity index (χ4v) is 1.28. The first-order chi connectivity index (χ1) is 5.69. The molecule has 0 aromatic carbocycles. The number of rotatable bonds is 3. The minimum Gasteiger partial charge on any atom is -0.345 e. The molecule has 0 fully saturated rings. The third-order valence-corrected chi connectivity index (χ3v) is 1.95. The molecule has 0 bridgehead atoms. The second-order valence-corrected chi connectivity index (χ2v) is 3.26. The van der Waals surface area contributed by atoms with Gasteiger partial charge >= 0.3 is 0 Å². The summed E-state index contributed by atoms with van der Waals surface area (Å²) in [5, 5.41) is 0. The molecular weight excluding hydrogens is 150 g/mol. The van der Waals surface area contributed by atoms with Gasteiger partial charge in [-0.1, -0.05) is 20.8 Å². The van der Waals surface area contributed by atoms with Crippen LogP contribution in [0, 0.1) is 0 Å². The van der Waals surface area contributed by atoms with E-state index in [1.54, 1.807) is 0 Å². The zero-order valence-electron chi connectivity index (χ0n) is 8.02. The van der Waals surface area contributed by atoms with Crippen LogP contribution in [-0.4, -0.2) is 9.97 Å². The molecule has 1 aromatic rings. The number of nitrogens with two attached hydrogens (primary N) is 1. The fourth-order valence-electron chi connectivity index (χ4n) is 1.28. The maximum absolute atomic E-state index is 5.59. The van der Waals surface area contributed by atoms with E-state index in [1.807, 2.05) is 0 Å². The van der Waals surface area contributed by atoms with Gasteiger partial charge in [0.15, 0.2) is 0 Å². The standard InChI is InChI=1S/C9H17N3/c1-4-8-11-7(5-10)9(12-8)6(2)3/h6H,4-5,10H2,1-3H3,(H,11,12). The molecule has 3 N–H and O–H groups in total. The molecule has 0 unspecified atom stereocenters. The number of hydrogen-bond donors (Lipinski definition) is 2. The van der Waals surface area contributed by atoms with Gasteiger partial charge in [0.05, 0.1) is 11.4 Å². The average molecular weight is 167 g/mol. The molecule has 0 spiro atoms. The third-order valence-electron chi connectivity index (χ3n) is 1.95. The summed E-state index contributed by atoms with van der Waals surface area (Å²) in [5.41, 5.74) is 7.79. The van der Waals surface area contributed by atoms with E-state index >= 15 is 0 Å². The van der Waals surface area contributed by atoms with Crippen LogP contribution in [0.5, 0.6) is 0 Å². The molecule has 0 saturated heterocycles. The van der Waals surface area contributed by atoms with E-state index < -0.39 is 0 Å². The van der Waals surface area contributed by atoms with Gasteiger partial charge in [-0.2, -0.15) is 0 Å². The molecule has 0 amide bonds. The average Bonchev–Trinajstić information content (AvgIpc) is 2.47. The highest BCUT2D eigenvalue weighted by molar-refractivity contribution is 5.17.